The highest BCUT2D eigenvalue weighted by Crippen LogP contribution is 2.32. The number of anilines is 2. The van der Waals surface area contributed by atoms with Gasteiger partial charge in [0.1, 0.15) is 5.70 Å². The molecule has 0 fully saturated rings. The number of carbonyl (C=O) groups is 3. The number of carbonyl (C=O) groups excluding carboxylic acids is 3. The van der Waals surface area contributed by atoms with Gasteiger partial charge in [0.2, 0.25) is 5.91 Å². The summed E-state index contributed by atoms with van der Waals surface area (Å²) in [4.78, 5) is 41.2. The Bertz CT molecular complexity index is 2220. The zero-order valence-corrected chi connectivity index (χ0v) is 30.1. The fourth-order valence-electron chi connectivity index (χ4n) is 6.11. The Morgan fingerprint density at radius 3 is 2.16 bits per heavy atom. The smallest absolute Gasteiger partial charge is 0.272 e. The predicted octanol–water partition coefficient (Wildman–Crippen LogP) is 9.86. The number of thioether (sulfide) groups is 1. The number of nitrogens with zero attached hydrogens (tertiary/aromatic N) is 1. The van der Waals surface area contributed by atoms with Crippen molar-refractivity contribution in [3.63, 3.8) is 0 Å². The number of fused-ring (bicyclic) bond motifs is 3. The molecule has 1 heterocycles. The number of benzene rings is 5. The van der Waals surface area contributed by atoms with E-state index < -0.39 is 5.91 Å². The van der Waals surface area contributed by atoms with Crippen LogP contribution in [-0.4, -0.2) is 27.5 Å². The number of para-hydroxylation sites is 1. The molecule has 5 aromatic carbocycles. The lowest BCUT2D eigenvalue weighted by Crippen LogP contribution is -2.30. The van der Waals surface area contributed by atoms with Gasteiger partial charge in [-0.15, -0.1) is 11.8 Å². The zero-order chi connectivity index (χ0) is 35.9. The van der Waals surface area contributed by atoms with Crippen LogP contribution in [0.4, 0.5) is 11.4 Å². The van der Waals surface area contributed by atoms with E-state index in [1.54, 1.807) is 36.4 Å². The highest BCUT2D eigenvalue weighted by atomic mass is 32.2. The zero-order valence-electron chi connectivity index (χ0n) is 29.3. The van der Waals surface area contributed by atoms with Crippen molar-refractivity contribution in [1.82, 2.24) is 9.88 Å². The Balaban J connectivity index is 1.17. The third-order valence-corrected chi connectivity index (χ3v) is 10.2. The summed E-state index contributed by atoms with van der Waals surface area (Å²) in [6.07, 6.45) is 2.28. The molecule has 6 rings (SSSR count). The van der Waals surface area contributed by atoms with Crippen LogP contribution in [0.3, 0.4) is 0 Å². The molecule has 0 saturated carbocycles. The molecule has 0 aliphatic rings. The van der Waals surface area contributed by atoms with Gasteiger partial charge in [-0.25, -0.2) is 0 Å². The van der Waals surface area contributed by atoms with E-state index >= 15 is 0 Å². The topological polar surface area (TPSA) is 92.2 Å². The fraction of sp³-hybridized carbons (Fsp3) is 0.186. The van der Waals surface area contributed by atoms with Crippen LogP contribution in [0.25, 0.3) is 27.9 Å². The van der Waals surface area contributed by atoms with Crippen molar-refractivity contribution in [3.05, 3.63) is 144 Å². The van der Waals surface area contributed by atoms with E-state index in [-0.39, 0.29) is 22.8 Å². The number of hydrogen-bond acceptors (Lipinski definition) is 4. The van der Waals surface area contributed by atoms with Gasteiger partial charge in [-0.3, -0.25) is 14.4 Å². The minimum absolute atomic E-state index is 0.0900. The number of aromatic nitrogens is 1. The molecular formula is C43H42N4O3S. The van der Waals surface area contributed by atoms with Crippen LogP contribution >= 0.6 is 11.8 Å². The first kappa shape index (κ1) is 35.2. The normalized spacial score (nSPS) is 12.2. The number of aryl methyl sites for hydroxylation is 1. The second-order valence-corrected chi connectivity index (χ2v) is 14.0. The van der Waals surface area contributed by atoms with E-state index in [0.717, 1.165) is 39.0 Å². The van der Waals surface area contributed by atoms with Gasteiger partial charge in [0.05, 0.1) is 5.25 Å². The van der Waals surface area contributed by atoms with Crippen LogP contribution in [-0.2, 0) is 16.1 Å². The minimum atomic E-state index is -0.459. The Labute approximate surface area is 303 Å². The van der Waals surface area contributed by atoms with Crippen molar-refractivity contribution in [2.45, 2.75) is 56.7 Å². The predicted molar refractivity (Wildman–Crippen MR) is 211 cm³/mol. The molecule has 0 bridgehead atoms. The first-order valence-electron chi connectivity index (χ1n) is 17.3. The summed E-state index contributed by atoms with van der Waals surface area (Å²) >= 11 is 1.44. The molecular weight excluding hydrogens is 653 g/mol. The van der Waals surface area contributed by atoms with Gasteiger partial charge in [-0.2, -0.15) is 0 Å². The molecule has 6 aromatic rings. The average Bonchev–Trinajstić information content (AvgIpc) is 3.47. The van der Waals surface area contributed by atoms with Crippen LogP contribution in [0.2, 0.25) is 0 Å². The summed E-state index contributed by atoms with van der Waals surface area (Å²) in [5.74, 6) is -0.560. The van der Waals surface area contributed by atoms with Gasteiger partial charge in [0, 0.05) is 50.2 Å². The summed E-state index contributed by atoms with van der Waals surface area (Å²) in [6.45, 7) is 9.23. The standard InChI is InChI=1S/C43H42N4O3S/c1-5-40(43(50)45-33-23-24-39-36(27-33)35-17-10-11-18-38(35)47(39)6-2)51-34-16-12-15-32(26-34)44-42(49)37(46-41(48)31-13-8-7-9-14-31)25-29-19-21-30(22-20-29)28(3)4/h7-28,40H,5-6H2,1-4H3,(H,44,49)(H,45,50)(H,46,48)/b37-25+. The summed E-state index contributed by atoms with van der Waals surface area (Å²) in [5.41, 5.74) is 6.14. The van der Waals surface area contributed by atoms with Crippen molar-refractivity contribution < 1.29 is 14.4 Å². The number of hydrogen-bond donors (Lipinski definition) is 3. The Morgan fingerprint density at radius 1 is 0.725 bits per heavy atom. The molecule has 7 nitrogen and oxygen atoms in total. The van der Waals surface area contributed by atoms with E-state index in [0.29, 0.717) is 23.6 Å². The molecule has 51 heavy (non-hydrogen) atoms. The molecule has 258 valence electrons. The monoisotopic (exact) mass is 694 g/mol. The third-order valence-electron chi connectivity index (χ3n) is 8.83. The molecule has 0 aliphatic heterocycles. The molecule has 1 unspecified atom stereocenters. The number of amides is 3. The first-order valence-corrected chi connectivity index (χ1v) is 18.2. The number of rotatable bonds is 12. The summed E-state index contributed by atoms with van der Waals surface area (Å²) in [5, 5.41) is 10.8. The highest BCUT2D eigenvalue weighted by molar-refractivity contribution is 8.00. The van der Waals surface area contributed by atoms with E-state index in [9.17, 15) is 14.4 Å². The van der Waals surface area contributed by atoms with Crippen molar-refractivity contribution in [1.29, 1.82) is 0 Å². The first-order chi connectivity index (χ1) is 24.7. The molecule has 0 radical (unpaired) electrons. The van der Waals surface area contributed by atoms with Crippen molar-refractivity contribution in [2.75, 3.05) is 10.6 Å². The summed E-state index contributed by atoms with van der Waals surface area (Å²) in [7, 11) is 0. The maximum Gasteiger partial charge on any atom is 0.272 e. The molecule has 1 aromatic heterocycles. The molecule has 3 N–H and O–H groups in total. The van der Waals surface area contributed by atoms with E-state index in [1.807, 2.05) is 73.7 Å². The second kappa shape index (κ2) is 16.0. The van der Waals surface area contributed by atoms with Crippen LogP contribution in [0.1, 0.15) is 61.5 Å². The molecule has 0 aliphatic carbocycles. The van der Waals surface area contributed by atoms with Gasteiger partial charge < -0.3 is 20.5 Å². The van der Waals surface area contributed by atoms with Gasteiger partial charge in [-0.05, 0) is 91.1 Å². The maximum absolute atomic E-state index is 13.7. The summed E-state index contributed by atoms with van der Waals surface area (Å²) < 4.78 is 2.28. The molecule has 1 atom stereocenters. The van der Waals surface area contributed by atoms with Gasteiger partial charge in [0.15, 0.2) is 0 Å². The van der Waals surface area contributed by atoms with Gasteiger partial charge >= 0.3 is 0 Å². The molecule has 3 amide bonds. The van der Waals surface area contributed by atoms with Crippen LogP contribution in [0, 0.1) is 0 Å². The molecule has 8 heteroatoms. The van der Waals surface area contributed by atoms with Gasteiger partial charge in [0.25, 0.3) is 11.8 Å². The SMILES string of the molecule is CCC(Sc1cccc(NC(=O)/C(=C\c2ccc(C(C)C)cc2)NC(=O)c2ccccc2)c1)C(=O)Nc1ccc2c(c1)c1ccccc1n2CC. The van der Waals surface area contributed by atoms with Crippen molar-refractivity contribution in [3.8, 4) is 0 Å². The fourth-order valence-corrected chi connectivity index (χ4v) is 7.13. The Morgan fingerprint density at radius 2 is 1.43 bits per heavy atom. The van der Waals surface area contributed by atoms with E-state index in [4.69, 9.17) is 0 Å². The van der Waals surface area contributed by atoms with Crippen LogP contribution in [0.5, 0.6) is 0 Å². The van der Waals surface area contributed by atoms with E-state index in [2.05, 4.69) is 65.6 Å². The van der Waals surface area contributed by atoms with Crippen LogP contribution in [0.15, 0.2) is 132 Å². The lowest BCUT2D eigenvalue weighted by Gasteiger charge is -2.16. The third kappa shape index (κ3) is 8.24. The Hall–Kier alpha value is -5.60. The number of nitrogens with one attached hydrogen (secondary N) is 3. The highest BCUT2D eigenvalue weighted by Gasteiger charge is 2.20. The van der Waals surface area contributed by atoms with Crippen molar-refractivity contribution >= 4 is 68.7 Å². The second-order valence-electron chi connectivity index (χ2n) is 12.7. The van der Waals surface area contributed by atoms with Crippen LogP contribution < -0.4 is 16.0 Å². The minimum Gasteiger partial charge on any atom is -0.341 e. The molecule has 0 saturated heterocycles. The maximum atomic E-state index is 13.7. The van der Waals surface area contributed by atoms with Gasteiger partial charge in [-0.1, -0.05) is 87.5 Å². The van der Waals surface area contributed by atoms with E-state index in [1.165, 1.54) is 22.8 Å². The lowest BCUT2D eigenvalue weighted by molar-refractivity contribution is -0.116. The Kier molecular flexibility index (Phi) is 11.0. The quantitative estimate of drug-likeness (QED) is 0.0879. The largest absolute Gasteiger partial charge is 0.341 e. The lowest BCUT2D eigenvalue weighted by atomic mass is 10.0. The van der Waals surface area contributed by atoms with Crippen molar-refractivity contribution in [2.24, 2.45) is 0 Å². The average molecular weight is 695 g/mol. The molecule has 0 spiro atoms. The summed E-state index contributed by atoms with van der Waals surface area (Å²) in [6, 6.07) is 38.5.